The Hall–Kier alpha value is -2.07. The summed E-state index contributed by atoms with van der Waals surface area (Å²) in [6.07, 6.45) is 0. The summed E-state index contributed by atoms with van der Waals surface area (Å²) in [6, 6.07) is 12.1. The highest BCUT2D eigenvalue weighted by Gasteiger charge is 2.23. The number of carbonyl (C=O) groups is 1. The summed E-state index contributed by atoms with van der Waals surface area (Å²) in [5, 5.41) is 3.04. The standard InChI is InChI=1S/C14H12ClFN2O/c15-10-7-4-8-11(16)12(10)13(14(17)19)18-9-5-2-1-3-6-9/h1-8,13,18H,(H2,17,19). The molecule has 5 heteroatoms. The third-order valence-corrected chi connectivity index (χ3v) is 2.99. The van der Waals surface area contributed by atoms with Crippen LogP contribution in [0, 0.1) is 5.82 Å². The molecule has 1 unspecified atom stereocenters. The van der Waals surface area contributed by atoms with Gasteiger partial charge in [0.2, 0.25) is 5.91 Å². The van der Waals surface area contributed by atoms with Crippen LogP contribution in [0.4, 0.5) is 10.1 Å². The van der Waals surface area contributed by atoms with E-state index in [0.717, 1.165) is 0 Å². The highest BCUT2D eigenvalue weighted by molar-refractivity contribution is 6.31. The normalized spacial score (nSPS) is 11.9. The molecule has 2 aromatic carbocycles. The zero-order valence-corrected chi connectivity index (χ0v) is 10.7. The van der Waals surface area contributed by atoms with Crippen molar-refractivity contribution in [3.05, 3.63) is 64.9 Å². The average molecular weight is 279 g/mol. The molecule has 0 saturated carbocycles. The largest absolute Gasteiger partial charge is 0.370 e. The predicted molar refractivity (Wildman–Crippen MR) is 73.4 cm³/mol. The second-order valence-corrected chi connectivity index (χ2v) is 4.39. The fraction of sp³-hybridized carbons (Fsp3) is 0.0714. The van der Waals surface area contributed by atoms with E-state index in [-0.39, 0.29) is 10.6 Å². The Balaban J connectivity index is 2.39. The van der Waals surface area contributed by atoms with Crippen molar-refractivity contribution >= 4 is 23.2 Å². The number of nitrogens with one attached hydrogen (secondary N) is 1. The molecule has 98 valence electrons. The van der Waals surface area contributed by atoms with E-state index in [1.165, 1.54) is 18.2 Å². The van der Waals surface area contributed by atoms with E-state index in [1.807, 2.05) is 6.07 Å². The number of carbonyl (C=O) groups excluding carboxylic acids is 1. The van der Waals surface area contributed by atoms with Crippen molar-refractivity contribution in [2.24, 2.45) is 5.73 Å². The number of amides is 1. The second kappa shape index (κ2) is 5.71. The maximum Gasteiger partial charge on any atom is 0.244 e. The van der Waals surface area contributed by atoms with Crippen LogP contribution in [0.2, 0.25) is 5.02 Å². The van der Waals surface area contributed by atoms with Gasteiger partial charge in [0.25, 0.3) is 0 Å². The molecular weight excluding hydrogens is 267 g/mol. The Morgan fingerprint density at radius 1 is 1.16 bits per heavy atom. The number of para-hydroxylation sites is 1. The van der Waals surface area contributed by atoms with Gasteiger partial charge in [0.1, 0.15) is 11.9 Å². The number of hydrogen-bond donors (Lipinski definition) is 2. The van der Waals surface area contributed by atoms with Crippen molar-refractivity contribution in [3.63, 3.8) is 0 Å². The quantitative estimate of drug-likeness (QED) is 0.903. The van der Waals surface area contributed by atoms with Crippen LogP contribution < -0.4 is 11.1 Å². The molecular formula is C14H12ClFN2O. The number of primary amides is 1. The number of benzene rings is 2. The summed E-state index contributed by atoms with van der Waals surface area (Å²) >= 11 is 5.95. The molecule has 0 aliphatic heterocycles. The van der Waals surface area contributed by atoms with E-state index < -0.39 is 17.8 Å². The molecule has 3 N–H and O–H groups in total. The lowest BCUT2D eigenvalue weighted by Gasteiger charge is -2.18. The monoisotopic (exact) mass is 278 g/mol. The molecule has 0 spiro atoms. The average Bonchev–Trinajstić information content (AvgIpc) is 2.38. The lowest BCUT2D eigenvalue weighted by molar-refractivity contribution is -0.118. The molecule has 0 aliphatic rings. The molecule has 1 amide bonds. The van der Waals surface area contributed by atoms with Crippen LogP contribution in [0.15, 0.2) is 48.5 Å². The van der Waals surface area contributed by atoms with E-state index in [9.17, 15) is 9.18 Å². The molecule has 2 aromatic rings. The van der Waals surface area contributed by atoms with E-state index >= 15 is 0 Å². The first-order chi connectivity index (χ1) is 9.09. The highest BCUT2D eigenvalue weighted by Crippen LogP contribution is 2.28. The van der Waals surface area contributed by atoms with Gasteiger partial charge in [0.05, 0.1) is 0 Å². The predicted octanol–water partition coefficient (Wildman–Crippen LogP) is 3.12. The Bertz CT molecular complexity index is 569. The van der Waals surface area contributed by atoms with Crippen molar-refractivity contribution in [1.82, 2.24) is 0 Å². The summed E-state index contributed by atoms with van der Waals surface area (Å²) < 4.78 is 13.8. The summed E-state index contributed by atoms with van der Waals surface area (Å²) in [5.74, 6) is -1.27. The van der Waals surface area contributed by atoms with Crippen molar-refractivity contribution in [2.45, 2.75) is 6.04 Å². The summed E-state index contributed by atoms with van der Waals surface area (Å²) in [4.78, 5) is 11.5. The van der Waals surface area contributed by atoms with E-state index in [2.05, 4.69) is 5.32 Å². The minimum atomic E-state index is -1.02. The third-order valence-electron chi connectivity index (χ3n) is 2.66. The minimum Gasteiger partial charge on any atom is -0.370 e. The molecule has 0 aromatic heterocycles. The number of hydrogen-bond acceptors (Lipinski definition) is 2. The van der Waals surface area contributed by atoms with Gasteiger partial charge in [-0.25, -0.2) is 4.39 Å². The van der Waals surface area contributed by atoms with E-state index in [4.69, 9.17) is 17.3 Å². The molecule has 0 fully saturated rings. The zero-order chi connectivity index (χ0) is 13.8. The second-order valence-electron chi connectivity index (χ2n) is 3.98. The molecule has 1 atom stereocenters. The first-order valence-corrected chi connectivity index (χ1v) is 6.02. The smallest absolute Gasteiger partial charge is 0.244 e. The van der Waals surface area contributed by atoms with Crippen LogP contribution >= 0.6 is 11.6 Å². The van der Waals surface area contributed by atoms with Crippen LogP contribution in [-0.2, 0) is 4.79 Å². The molecule has 3 nitrogen and oxygen atoms in total. The van der Waals surface area contributed by atoms with Crippen molar-refractivity contribution in [2.75, 3.05) is 5.32 Å². The van der Waals surface area contributed by atoms with Gasteiger partial charge >= 0.3 is 0 Å². The van der Waals surface area contributed by atoms with Crippen molar-refractivity contribution in [3.8, 4) is 0 Å². The summed E-state index contributed by atoms with van der Waals surface area (Å²) in [5.41, 5.74) is 6.04. The van der Waals surface area contributed by atoms with Gasteiger partial charge in [0.15, 0.2) is 0 Å². The van der Waals surface area contributed by atoms with Gasteiger partial charge in [-0.1, -0.05) is 35.9 Å². The van der Waals surface area contributed by atoms with Crippen LogP contribution in [0.5, 0.6) is 0 Å². The van der Waals surface area contributed by atoms with Crippen molar-refractivity contribution < 1.29 is 9.18 Å². The van der Waals surface area contributed by atoms with E-state index in [1.54, 1.807) is 24.3 Å². The number of halogens is 2. The first kappa shape index (κ1) is 13.4. The molecule has 0 heterocycles. The Morgan fingerprint density at radius 3 is 2.42 bits per heavy atom. The van der Waals surface area contributed by atoms with Gasteiger partial charge in [-0.2, -0.15) is 0 Å². The van der Waals surface area contributed by atoms with E-state index in [0.29, 0.717) is 5.69 Å². The van der Waals surface area contributed by atoms with Gasteiger partial charge < -0.3 is 11.1 Å². The molecule has 0 radical (unpaired) electrons. The summed E-state index contributed by atoms with van der Waals surface area (Å²) in [6.45, 7) is 0. The fourth-order valence-corrected chi connectivity index (χ4v) is 2.05. The number of nitrogens with two attached hydrogens (primary N) is 1. The highest BCUT2D eigenvalue weighted by atomic mass is 35.5. The third kappa shape index (κ3) is 3.03. The van der Waals surface area contributed by atoms with Gasteiger partial charge in [-0.15, -0.1) is 0 Å². The number of anilines is 1. The van der Waals surface area contributed by atoms with Crippen LogP contribution in [0.25, 0.3) is 0 Å². The van der Waals surface area contributed by atoms with Crippen molar-refractivity contribution in [1.29, 1.82) is 0 Å². The first-order valence-electron chi connectivity index (χ1n) is 5.64. The van der Waals surface area contributed by atoms with Crippen LogP contribution in [0.1, 0.15) is 11.6 Å². The molecule has 19 heavy (non-hydrogen) atoms. The topological polar surface area (TPSA) is 55.1 Å². The minimum absolute atomic E-state index is 0.0560. The Morgan fingerprint density at radius 2 is 1.84 bits per heavy atom. The maximum atomic E-state index is 13.8. The molecule has 0 saturated heterocycles. The van der Waals surface area contributed by atoms with Gasteiger partial charge in [-0.05, 0) is 24.3 Å². The molecule has 2 rings (SSSR count). The lowest BCUT2D eigenvalue weighted by atomic mass is 10.0. The van der Waals surface area contributed by atoms with Gasteiger partial charge in [-0.3, -0.25) is 4.79 Å². The van der Waals surface area contributed by atoms with Gasteiger partial charge in [0, 0.05) is 16.3 Å². The molecule has 0 aliphatic carbocycles. The van der Waals surface area contributed by atoms with Crippen LogP contribution in [-0.4, -0.2) is 5.91 Å². The number of rotatable bonds is 4. The Kier molecular flexibility index (Phi) is 4.02. The molecule has 0 bridgehead atoms. The summed E-state index contributed by atoms with van der Waals surface area (Å²) in [7, 11) is 0. The maximum absolute atomic E-state index is 13.8. The zero-order valence-electron chi connectivity index (χ0n) is 9.94. The lowest BCUT2D eigenvalue weighted by Crippen LogP contribution is -2.28. The van der Waals surface area contributed by atoms with Crippen LogP contribution in [0.3, 0.4) is 0 Å². The fourth-order valence-electron chi connectivity index (χ4n) is 1.77. The SMILES string of the molecule is NC(=O)C(Nc1ccccc1)c1c(F)cccc1Cl. The Labute approximate surface area is 115 Å².